The van der Waals surface area contributed by atoms with Crippen molar-refractivity contribution in [3.05, 3.63) is 65.2 Å². The fourth-order valence-corrected chi connectivity index (χ4v) is 3.78. The zero-order valence-corrected chi connectivity index (χ0v) is 19.9. The van der Waals surface area contributed by atoms with Crippen LogP contribution in [0, 0.1) is 5.92 Å². The normalized spacial score (nSPS) is 17.8. The number of amides is 1. The van der Waals surface area contributed by atoms with E-state index in [1.807, 2.05) is 26.2 Å². The Hall–Kier alpha value is -3.32. The number of nitrogens with zero attached hydrogens (tertiary/aromatic N) is 1. The smallest absolute Gasteiger partial charge is 0.295 e. The summed E-state index contributed by atoms with van der Waals surface area (Å²) in [7, 11) is 5.47. The predicted octanol–water partition coefficient (Wildman–Crippen LogP) is 1.10. The standard InChI is InChI=1S/C26H32N2O5/c1-17(2)16-33-19-12-10-18(11-13-19)24(29)22-23(20-8-6-7-9-21(20)32-5)28(15-14-27(3)4)26(31)25(22)30/h6-13,17,23,29H,14-16H2,1-5H3/b24-22+. The highest BCUT2D eigenvalue weighted by Crippen LogP contribution is 2.41. The summed E-state index contributed by atoms with van der Waals surface area (Å²) in [5, 5.41) is 13.5. The molecule has 2 aromatic rings. The van der Waals surface area contributed by atoms with Crippen LogP contribution in [0.2, 0.25) is 0 Å². The lowest BCUT2D eigenvalue weighted by atomic mass is 9.94. The molecule has 0 bridgehead atoms. The molecular weight excluding hydrogens is 420 g/mol. The number of rotatable bonds is 9. The molecule has 1 unspecified atom stereocenters. The number of ketones is 1. The first-order valence-electron chi connectivity index (χ1n) is 11.2. The van der Waals surface area contributed by atoms with E-state index in [4.69, 9.17) is 9.47 Å². The summed E-state index contributed by atoms with van der Waals surface area (Å²) in [6, 6.07) is 13.1. The Labute approximate surface area is 195 Å². The van der Waals surface area contributed by atoms with E-state index in [0.29, 0.717) is 48.2 Å². The third-order valence-electron chi connectivity index (χ3n) is 5.52. The van der Waals surface area contributed by atoms with Crippen molar-refractivity contribution in [3.8, 4) is 11.5 Å². The highest BCUT2D eigenvalue weighted by atomic mass is 16.5. The van der Waals surface area contributed by atoms with E-state index >= 15 is 0 Å². The number of hydrogen-bond donors (Lipinski definition) is 1. The summed E-state index contributed by atoms with van der Waals surface area (Å²) < 4.78 is 11.2. The molecule has 2 aromatic carbocycles. The lowest BCUT2D eigenvalue weighted by Gasteiger charge is -2.28. The first kappa shape index (κ1) is 24.3. The van der Waals surface area contributed by atoms with Gasteiger partial charge >= 0.3 is 0 Å². The van der Waals surface area contributed by atoms with Gasteiger partial charge in [-0.2, -0.15) is 0 Å². The maximum absolute atomic E-state index is 13.5. The topological polar surface area (TPSA) is 83.3 Å². The van der Waals surface area contributed by atoms with Crippen LogP contribution < -0.4 is 19.5 Å². The van der Waals surface area contributed by atoms with E-state index in [9.17, 15) is 14.7 Å². The van der Waals surface area contributed by atoms with Crippen molar-refractivity contribution in [2.24, 2.45) is 5.92 Å². The van der Waals surface area contributed by atoms with Crippen LogP contribution in [0.4, 0.5) is 0 Å². The van der Waals surface area contributed by atoms with Crippen LogP contribution in [0.1, 0.15) is 31.0 Å². The van der Waals surface area contributed by atoms with Crippen LogP contribution in [0.3, 0.4) is 0 Å². The number of Topliss-reactive ketones (excluding diaryl/α,β-unsaturated/α-hetero) is 1. The summed E-state index contributed by atoms with van der Waals surface area (Å²) >= 11 is 0. The van der Waals surface area contributed by atoms with Gasteiger partial charge in [-0.3, -0.25) is 9.59 Å². The Bertz CT molecular complexity index is 1030. The molecular formula is C26H32N2O5. The van der Waals surface area contributed by atoms with Crippen molar-refractivity contribution < 1.29 is 29.1 Å². The van der Waals surface area contributed by atoms with Crippen molar-refractivity contribution in [3.63, 3.8) is 0 Å². The third-order valence-corrected chi connectivity index (χ3v) is 5.52. The minimum absolute atomic E-state index is 0.0471. The van der Waals surface area contributed by atoms with E-state index < -0.39 is 23.5 Å². The Morgan fingerprint density at radius 2 is 1.76 bits per heavy atom. The Morgan fingerprint density at radius 1 is 1.09 bits per heavy atom. The second-order valence-electron chi connectivity index (χ2n) is 8.90. The molecule has 7 heteroatoms. The molecule has 1 fully saturated rings. The zero-order valence-electron chi connectivity index (χ0n) is 19.9. The van der Waals surface area contributed by atoms with Crippen LogP contribution in [-0.2, 0) is 9.59 Å². The molecule has 0 aliphatic carbocycles. The zero-order chi connectivity index (χ0) is 24.1. The number of likely N-dealkylation sites (tertiary alicyclic amines) is 1. The van der Waals surface area contributed by atoms with Crippen LogP contribution in [0.15, 0.2) is 54.1 Å². The number of ether oxygens (including phenoxy) is 2. The Kier molecular flexibility index (Phi) is 7.76. The van der Waals surface area contributed by atoms with Crippen molar-refractivity contribution in [1.29, 1.82) is 0 Å². The Balaban J connectivity index is 2.07. The average molecular weight is 453 g/mol. The number of methoxy groups -OCH3 is 1. The van der Waals surface area contributed by atoms with Gasteiger partial charge in [0.15, 0.2) is 0 Å². The van der Waals surface area contributed by atoms with Gasteiger partial charge in [0, 0.05) is 11.1 Å². The number of quaternary nitrogens is 1. The summed E-state index contributed by atoms with van der Waals surface area (Å²) in [6.45, 7) is 5.65. The van der Waals surface area contributed by atoms with E-state index in [1.165, 1.54) is 12.0 Å². The fourth-order valence-electron chi connectivity index (χ4n) is 3.78. The maximum Gasteiger partial charge on any atom is 0.295 e. The molecule has 3 rings (SSSR count). The number of para-hydroxylation sites is 1. The van der Waals surface area contributed by atoms with Crippen LogP contribution in [0.5, 0.6) is 11.5 Å². The molecule has 7 nitrogen and oxygen atoms in total. The maximum atomic E-state index is 13.5. The molecule has 1 N–H and O–H groups in total. The number of carbonyl (C=O) groups is 2. The van der Waals surface area contributed by atoms with Gasteiger partial charge in [-0.25, -0.2) is 0 Å². The van der Waals surface area contributed by atoms with Gasteiger partial charge < -0.3 is 24.4 Å². The SMILES string of the molecule is COc1ccccc1C1/C(=C(\[O-])c2ccc(OCC(C)C)cc2)C(=O)C(=O)N1CC[NH+](C)C. The summed E-state index contributed by atoms with van der Waals surface area (Å²) in [5.41, 5.74) is 0.908. The van der Waals surface area contributed by atoms with Gasteiger partial charge in [-0.15, -0.1) is 0 Å². The monoisotopic (exact) mass is 452 g/mol. The molecule has 176 valence electrons. The van der Waals surface area contributed by atoms with Gasteiger partial charge in [-0.1, -0.05) is 49.9 Å². The van der Waals surface area contributed by atoms with Gasteiger partial charge in [0.25, 0.3) is 5.91 Å². The lowest BCUT2D eigenvalue weighted by Crippen LogP contribution is -3.06. The van der Waals surface area contributed by atoms with Crippen molar-refractivity contribution in [2.45, 2.75) is 19.9 Å². The summed E-state index contributed by atoms with van der Waals surface area (Å²) in [4.78, 5) is 28.7. The number of benzene rings is 2. The first-order valence-corrected chi connectivity index (χ1v) is 11.2. The molecule has 33 heavy (non-hydrogen) atoms. The highest BCUT2D eigenvalue weighted by molar-refractivity contribution is 6.46. The van der Waals surface area contributed by atoms with Crippen molar-refractivity contribution >= 4 is 17.4 Å². The second-order valence-corrected chi connectivity index (χ2v) is 8.90. The largest absolute Gasteiger partial charge is 0.872 e. The number of carbonyl (C=O) groups excluding carboxylic acids is 2. The van der Waals surface area contributed by atoms with Gasteiger partial charge in [0.2, 0.25) is 5.78 Å². The number of likely N-dealkylation sites (N-methyl/N-ethyl adjacent to an activating group) is 1. The number of hydrogen-bond acceptors (Lipinski definition) is 5. The molecule has 0 radical (unpaired) electrons. The fraction of sp³-hybridized carbons (Fsp3) is 0.385. The van der Waals surface area contributed by atoms with Crippen molar-refractivity contribution in [1.82, 2.24) is 4.90 Å². The molecule has 0 spiro atoms. The second kappa shape index (κ2) is 10.5. The summed E-state index contributed by atoms with van der Waals surface area (Å²) in [5.74, 6) is -0.331. The van der Waals surface area contributed by atoms with Gasteiger partial charge in [0.05, 0.1) is 46.9 Å². The van der Waals surface area contributed by atoms with Crippen LogP contribution in [-0.4, -0.2) is 57.5 Å². The lowest BCUT2D eigenvalue weighted by molar-refractivity contribution is -0.857. The minimum Gasteiger partial charge on any atom is -0.872 e. The molecule has 1 atom stereocenters. The molecule has 1 aliphatic heterocycles. The molecule has 1 heterocycles. The first-order chi connectivity index (χ1) is 15.7. The van der Waals surface area contributed by atoms with Gasteiger partial charge in [0.1, 0.15) is 11.5 Å². The molecule has 1 saturated heterocycles. The minimum atomic E-state index is -0.801. The quantitative estimate of drug-likeness (QED) is 0.350. The Morgan fingerprint density at radius 3 is 2.36 bits per heavy atom. The number of nitrogens with one attached hydrogen (secondary N) is 1. The van der Waals surface area contributed by atoms with Crippen LogP contribution >= 0.6 is 0 Å². The van der Waals surface area contributed by atoms with E-state index in [-0.39, 0.29) is 5.57 Å². The summed E-state index contributed by atoms with van der Waals surface area (Å²) in [6.07, 6.45) is 0. The van der Waals surface area contributed by atoms with E-state index in [1.54, 1.807) is 36.4 Å². The highest BCUT2D eigenvalue weighted by Gasteiger charge is 2.45. The van der Waals surface area contributed by atoms with E-state index in [2.05, 4.69) is 13.8 Å². The third kappa shape index (κ3) is 5.37. The molecule has 0 saturated carbocycles. The van der Waals surface area contributed by atoms with Crippen molar-refractivity contribution in [2.75, 3.05) is 40.9 Å². The van der Waals surface area contributed by atoms with Crippen LogP contribution in [0.25, 0.3) is 5.76 Å². The van der Waals surface area contributed by atoms with Gasteiger partial charge in [-0.05, 0) is 29.7 Å². The molecule has 1 amide bonds. The van der Waals surface area contributed by atoms with E-state index in [0.717, 1.165) is 4.90 Å². The molecule has 1 aliphatic rings. The molecule has 0 aromatic heterocycles. The average Bonchev–Trinajstić information content (AvgIpc) is 3.05. The predicted molar refractivity (Wildman–Crippen MR) is 124 cm³/mol.